The molecule has 0 saturated heterocycles. The molecule has 0 bridgehead atoms. The van der Waals surface area contributed by atoms with Crippen molar-refractivity contribution in [2.45, 2.75) is 58.8 Å². The van der Waals surface area contributed by atoms with Crippen LogP contribution in [0, 0.1) is 0 Å². The third-order valence-electron chi connectivity index (χ3n) is 6.84. The number of benzene rings is 2. The van der Waals surface area contributed by atoms with Crippen LogP contribution in [0.5, 0.6) is 0 Å². The Bertz CT molecular complexity index is 1280. The molecule has 0 saturated carbocycles. The molecule has 0 aliphatic heterocycles. The number of fused-ring (bicyclic) bond motifs is 3. The van der Waals surface area contributed by atoms with E-state index in [0.29, 0.717) is 11.8 Å². The summed E-state index contributed by atoms with van der Waals surface area (Å²) >= 11 is 0. The maximum absolute atomic E-state index is 4.91. The van der Waals surface area contributed by atoms with E-state index in [1.165, 1.54) is 39.1 Å². The Morgan fingerprint density at radius 1 is 0.719 bits per heavy atom. The molecule has 0 spiro atoms. The van der Waals surface area contributed by atoms with Crippen LogP contribution in [-0.2, 0) is 5.41 Å². The molecular formula is C29H31N3. The van der Waals surface area contributed by atoms with Gasteiger partial charge in [-0.25, -0.2) is 4.98 Å². The summed E-state index contributed by atoms with van der Waals surface area (Å²) in [6.45, 7) is 13.6. The fourth-order valence-electron chi connectivity index (χ4n) is 5.35. The fourth-order valence-corrected chi connectivity index (χ4v) is 5.35. The van der Waals surface area contributed by atoms with Crippen LogP contribution in [0.15, 0.2) is 67.1 Å². The molecule has 0 amide bonds. The maximum Gasteiger partial charge on any atom is 0.144 e. The molecular weight excluding hydrogens is 390 g/mol. The van der Waals surface area contributed by atoms with E-state index in [1.54, 1.807) is 0 Å². The molecule has 1 aliphatic carbocycles. The van der Waals surface area contributed by atoms with Crippen LogP contribution < -0.4 is 0 Å². The number of pyridine rings is 1. The highest BCUT2D eigenvalue weighted by Crippen LogP contribution is 2.51. The minimum Gasteiger partial charge on any atom is -0.299 e. The largest absolute Gasteiger partial charge is 0.299 e. The fraction of sp³-hybridized carbons (Fsp3) is 0.310. The van der Waals surface area contributed by atoms with Gasteiger partial charge in [-0.3, -0.25) is 9.55 Å². The number of hydrogen-bond donors (Lipinski definition) is 0. The Morgan fingerprint density at radius 3 is 2.03 bits per heavy atom. The number of hydrogen-bond acceptors (Lipinski definition) is 2. The minimum absolute atomic E-state index is 0.183. The summed E-state index contributed by atoms with van der Waals surface area (Å²) in [4.78, 5) is 9.69. The van der Waals surface area contributed by atoms with Crippen molar-refractivity contribution < 1.29 is 0 Å². The van der Waals surface area contributed by atoms with E-state index in [-0.39, 0.29) is 5.41 Å². The van der Waals surface area contributed by atoms with Crippen molar-refractivity contribution in [1.29, 1.82) is 0 Å². The van der Waals surface area contributed by atoms with Gasteiger partial charge in [0, 0.05) is 35.1 Å². The summed E-state index contributed by atoms with van der Waals surface area (Å²) in [7, 11) is 0. The van der Waals surface area contributed by atoms with Gasteiger partial charge in [-0.05, 0) is 40.2 Å². The normalized spacial score (nSPS) is 14.1. The van der Waals surface area contributed by atoms with Crippen LogP contribution in [0.4, 0.5) is 0 Å². The summed E-state index contributed by atoms with van der Waals surface area (Å²) in [6, 6.07) is 17.5. The van der Waals surface area contributed by atoms with Gasteiger partial charge in [0.1, 0.15) is 5.82 Å². The Balaban J connectivity index is 1.79. The highest BCUT2D eigenvalue weighted by molar-refractivity contribution is 5.86. The standard InChI is InChI=1S/C29H31N3/c1-18(2)20-10-7-11-21(19(3)4)26(20)32-17-16-31-28(32)24-13-8-12-22-23-14-9-15-30-27(23)29(5,6)25(22)24/h7-19H,1-6H3. The molecule has 1 aliphatic rings. The third kappa shape index (κ3) is 2.95. The number of para-hydroxylation sites is 1. The number of aromatic nitrogens is 3. The van der Waals surface area contributed by atoms with Gasteiger partial charge in [0.2, 0.25) is 0 Å². The average Bonchev–Trinajstić information content (AvgIpc) is 3.35. The first-order valence-electron chi connectivity index (χ1n) is 11.6. The zero-order valence-electron chi connectivity index (χ0n) is 19.8. The van der Waals surface area contributed by atoms with Crippen molar-refractivity contribution in [3.63, 3.8) is 0 Å². The Labute approximate surface area is 191 Å². The van der Waals surface area contributed by atoms with Crippen LogP contribution in [0.3, 0.4) is 0 Å². The van der Waals surface area contributed by atoms with E-state index in [0.717, 1.165) is 11.5 Å². The lowest BCUT2D eigenvalue weighted by molar-refractivity contribution is 0.637. The first-order valence-corrected chi connectivity index (χ1v) is 11.6. The van der Waals surface area contributed by atoms with Gasteiger partial charge in [0.15, 0.2) is 0 Å². The second kappa shape index (κ2) is 7.44. The van der Waals surface area contributed by atoms with E-state index < -0.39 is 0 Å². The van der Waals surface area contributed by atoms with Gasteiger partial charge in [0.05, 0.1) is 11.4 Å². The SMILES string of the molecule is CC(C)c1cccc(C(C)C)c1-n1ccnc1-c1cccc2c1C(C)(C)c1ncccc1-2. The molecule has 3 nitrogen and oxygen atoms in total. The summed E-state index contributed by atoms with van der Waals surface area (Å²) < 4.78 is 2.31. The highest BCUT2D eigenvalue weighted by Gasteiger charge is 2.39. The molecule has 3 heteroatoms. The number of rotatable bonds is 4. The number of imidazole rings is 1. The lowest BCUT2D eigenvalue weighted by Crippen LogP contribution is -2.18. The van der Waals surface area contributed by atoms with Gasteiger partial charge in [0.25, 0.3) is 0 Å². The zero-order chi connectivity index (χ0) is 22.6. The molecule has 0 fully saturated rings. The van der Waals surface area contributed by atoms with Crippen LogP contribution >= 0.6 is 0 Å². The summed E-state index contributed by atoms with van der Waals surface area (Å²) in [5.74, 6) is 1.84. The average molecular weight is 422 g/mol. The molecule has 2 aromatic heterocycles. The lowest BCUT2D eigenvalue weighted by atomic mass is 9.82. The molecule has 162 valence electrons. The van der Waals surface area contributed by atoms with Gasteiger partial charge in [-0.15, -0.1) is 0 Å². The van der Waals surface area contributed by atoms with Crippen molar-refractivity contribution in [1.82, 2.24) is 14.5 Å². The quantitative estimate of drug-likeness (QED) is 0.342. The molecule has 0 atom stereocenters. The van der Waals surface area contributed by atoms with Crippen LogP contribution in [-0.4, -0.2) is 14.5 Å². The van der Waals surface area contributed by atoms with E-state index in [4.69, 9.17) is 9.97 Å². The lowest BCUT2D eigenvalue weighted by Gasteiger charge is -2.25. The van der Waals surface area contributed by atoms with Crippen LogP contribution in [0.1, 0.15) is 75.8 Å². The molecule has 2 heterocycles. The molecule has 0 radical (unpaired) electrons. The first-order chi connectivity index (χ1) is 15.3. The van der Waals surface area contributed by atoms with E-state index >= 15 is 0 Å². The van der Waals surface area contributed by atoms with Gasteiger partial charge >= 0.3 is 0 Å². The summed E-state index contributed by atoms with van der Waals surface area (Å²) in [6.07, 6.45) is 5.96. The molecule has 4 aromatic rings. The molecule has 2 aromatic carbocycles. The molecule has 0 unspecified atom stereocenters. The highest BCUT2D eigenvalue weighted by atomic mass is 15.1. The van der Waals surface area contributed by atoms with Gasteiger partial charge in [-0.1, -0.05) is 84.0 Å². The van der Waals surface area contributed by atoms with Crippen molar-refractivity contribution >= 4 is 0 Å². The molecule has 0 N–H and O–H groups in total. The third-order valence-corrected chi connectivity index (χ3v) is 6.84. The Kier molecular flexibility index (Phi) is 4.81. The van der Waals surface area contributed by atoms with Gasteiger partial charge in [-0.2, -0.15) is 0 Å². The second-order valence-electron chi connectivity index (χ2n) is 9.97. The predicted octanol–water partition coefficient (Wildman–Crippen LogP) is 7.49. The van der Waals surface area contributed by atoms with Crippen molar-refractivity contribution in [3.8, 4) is 28.2 Å². The van der Waals surface area contributed by atoms with E-state index in [2.05, 4.69) is 94.8 Å². The van der Waals surface area contributed by atoms with Crippen molar-refractivity contribution in [2.24, 2.45) is 0 Å². The van der Waals surface area contributed by atoms with E-state index in [9.17, 15) is 0 Å². The van der Waals surface area contributed by atoms with Crippen LogP contribution in [0.2, 0.25) is 0 Å². The topological polar surface area (TPSA) is 30.7 Å². The second-order valence-corrected chi connectivity index (χ2v) is 9.97. The maximum atomic E-state index is 4.91. The van der Waals surface area contributed by atoms with Crippen molar-refractivity contribution in [2.75, 3.05) is 0 Å². The summed E-state index contributed by atoms with van der Waals surface area (Å²) in [5, 5.41) is 0. The molecule has 32 heavy (non-hydrogen) atoms. The summed E-state index contributed by atoms with van der Waals surface area (Å²) in [5.41, 5.74) is 9.94. The monoisotopic (exact) mass is 421 g/mol. The number of nitrogens with zero attached hydrogens (tertiary/aromatic N) is 3. The van der Waals surface area contributed by atoms with Crippen LogP contribution in [0.25, 0.3) is 28.2 Å². The predicted molar refractivity (Wildman–Crippen MR) is 133 cm³/mol. The van der Waals surface area contributed by atoms with Gasteiger partial charge < -0.3 is 0 Å². The first kappa shape index (κ1) is 20.7. The molecule has 5 rings (SSSR count). The smallest absolute Gasteiger partial charge is 0.144 e. The van der Waals surface area contributed by atoms with E-state index in [1.807, 2.05) is 18.5 Å². The Hall–Kier alpha value is -3.20. The Morgan fingerprint density at radius 2 is 1.34 bits per heavy atom. The minimum atomic E-state index is -0.183. The zero-order valence-corrected chi connectivity index (χ0v) is 19.8. The van der Waals surface area contributed by atoms with Crippen molar-refractivity contribution in [3.05, 3.63) is 89.5 Å².